The Morgan fingerprint density at radius 1 is 1.37 bits per heavy atom. The van der Waals surface area contributed by atoms with Crippen molar-refractivity contribution in [1.82, 2.24) is 4.72 Å². The van der Waals surface area contributed by atoms with Gasteiger partial charge in [0.05, 0.1) is 11.6 Å². The van der Waals surface area contributed by atoms with E-state index in [1.54, 1.807) is 24.3 Å². The van der Waals surface area contributed by atoms with E-state index in [9.17, 15) is 8.42 Å². The highest BCUT2D eigenvalue weighted by molar-refractivity contribution is 7.90. The summed E-state index contributed by atoms with van der Waals surface area (Å²) in [6.45, 7) is 0.527. The molecule has 1 aromatic rings. The third-order valence-corrected chi connectivity index (χ3v) is 3.42. The minimum absolute atomic E-state index is 0.214. The van der Waals surface area contributed by atoms with Crippen LogP contribution in [0, 0.1) is 0 Å². The number of hydrogen-bond acceptors (Lipinski definition) is 4. The highest BCUT2D eigenvalue weighted by Gasteiger charge is 2.08. The number of ether oxygens (including phenoxy) is 1. The highest BCUT2D eigenvalue weighted by atomic mass is 32.2. The van der Waals surface area contributed by atoms with E-state index in [0.717, 1.165) is 5.56 Å². The molecular formula is C11H17N3O3S2. The molecule has 0 spiro atoms. The van der Waals surface area contributed by atoms with Crippen LogP contribution in [0.15, 0.2) is 24.3 Å². The number of methoxy groups -OCH3 is 1. The van der Waals surface area contributed by atoms with Gasteiger partial charge in [-0.1, -0.05) is 24.4 Å². The molecule has 6 nitrogen and oxygen atoms in total. The van der Waals surface area contributed by atoms with E-state index in [-0.39, 0.29) is 6.54 Å². The Bertz CT molecular complexity index is 514. The molecule has 0 heterocycles. The van der Waals surface area contributed by atoms with Crippen molar-refractivity contribution in [3.05, 3.63) is 29.8 Å². The molecule has 0 fully saturated rings. The SMILES string of the molecule is COCCNS(=O)(=O)Nc1ccc(CC(N)=S)cc1. The zero-order valence-corrected chi connectivity index (χ0v) is 12.2. The topological polar surface area (TPSA) is 93.4 Å². The summed E-state index contributed by atoms with van der Waals surface area (Å²) < 4.78 is 32.7. The Labute approximate surface area is 118 Å². The first-order valence-electron chi connectivity index (χ1n) is 5.56. The van der Waals surface area contributed by atoms with E-state index in [4.69, 9.17) is 22.7 Å². The molecule has 0 radical (unpaired) electrons. The van der Waals surface area contributed by atoms with Gasteiger partial charge < -0.3 is 10.5 Å². The van der Waals surface area contributed by atoms with Gasteiger partial charge in [0.2, 0.25) is 0 Å². The third kappa shape index (κ3) is 6.48. The molecule has 0 unspecified atom stereocenters. The van der Waals surface area contributed by atoms with E-state index in [0.29, 0.717) is 23.7 Å². The minimum atomic E-state index is -3.57. The van der Waals surface area contributed by atoms with Crippen molar-refractivity contribution in [2.24, 2.45) is 5.73 Å². The lowest BCUT2D eigenvalue weighted by molar-refractivity contribution is 0.204. The Hall–Kier alpha value is -1.22. The normalized spacial score (nSPS) is 11.2. The first-order valence-corrected chi connectivity index (χ1v) is 7.45. The molecule has 0 bridgehead atoms. The summed E-state index contributed by atoms with van der Waals surface area (Å²) in [5, 5.41) is 0. The van der Waals surface area contributed by atoms with Gasteiger partial charge in [0, 0.05) is 25.8 Å². The predicted octanol–water partition coefficient (Wildman–Crippen LogP) is 0.408. The average molecular weight is 303 g/mol. The number of nitrogens with two attached hydrogens (primary N) is 1. The summed E-state index contributed by atoms with van der Waals surface area (Å²) >= 11 is 4.80. The second-order valence-corrected chi connectivity index (χ2v) is 5.86. The van der Waals surface area contributed by atoms with Crippen molar-refractivity contribution < 1.29 is 13.2 Å². The Morgan fingerprint density at radius 2 is 2.00 bits per heavy atom. The van der Waals surface area contributed by atoms with Gasteiger partial charge in [-0.25, -0.2) is 0 Å². The van der Waals surface area contributed by atoms with Crippen molar-refractivity contribution >= 4 is 33.1 Å². The maximum absolute atomic E-state index is 11.6. The van der Waals surface area contributed by atoms with Crippen LogP contribution in [0.25, 0.3) is 0 Å². The molecule has 0 aliphatic heterocycles. The molecule has 0 aliphatic rings. The van der Waals surface area contributed by atoms with E-state index in [1.807, 2.05) is 0 Å². The average Bonchev–Trinajstić information content (AvgIpc) is 2.31. The molecule has 0 aromatic heterocycles. The molecule has 0 saturated carbocycles. The van der Waals surface area contributed by atoms with Crippen molar-refractivity contribution in [1.29, 1.82) is 0 Å². The van der Waals surface area contributed by atoms with Gasteiger partial charge in [0.25, 0.3) is 10.2 Å². The Balaban J connectivity index is 2.59. The number of hydrogen-bond donors (Lipinski definition) is 3. The zero-order valence-electron chi connectivity index (χ0n) is 10.5. The van der Waals surface area contributed by atoms with Crippen LogP contribution in [0.4, 0.5) is 5.69 Å². The number of rotatable bonds is 8. The fourth-order valence-electron chi connectivity index (χ4n) is 1.36. The lowest BCUT2D eigenvalue weighted by atomic mass is 10.1. The molecule has 19 heavy (non-hydrogen) atoms. The van der Waals surface area contributed by atoms with Crippen molar-refractivity contribution in [2.45, 2.75) is 6.42 Å². The highest BCUT2D eigenvalue weighted by Crippen LogP contribution is 2.11. The van der Waals surface area contributed by atoms with E-state index in [2.05, 4.69) is 9.44 Å². The van der Waals surface area contributed by atoms with Crippen molar-refractivity contribution in [3.8, 4) is 0 Å². The molecule has 0 saturated heterocycles. The zero-order chi connectivity index (χ0) is 14.3. The lowest BCUT2D eigenvalue weighted by Gasteiger charge is -2.09. The van der Waals surface area contributed by atoms with Crippen LogP contribution in [0.5, 0.6) is 0 Å². The summed E-state index contributed by atoms with van der Waals surface area (Å²) in [5.41, 5.74) is 6.83. The van der Waals surface area contributed by atoms with Gasteiger partial charge >= 0.3 is 0 Å². The van der Waals surface area contributed by atoms with Crippen LogP contribution in [0.2, 0.25) is 0 Å². The molecule has 4 N–H and O–H groups in total. The summed E-state index contributed by atoms with van der Waals surface area (Å²) in [5.74, 6) is 0. The molecule has 106 valence electrons. The molecular weight excluding hydrogens is 286 g/mol. The van der Waals surface area contributed by atoms with Gasteiger partial charge in [-0.3, -0.25) is 4.72 Å². The summed E-state index contributed by atoms with van der Waals surface area (Å²) in [4.78, 5) is 0.398. The lowest BCUT2D eigenvalue weighted by Crippen LogP contribution is -2.32. The Kier molecular flexibility index (Phi) is 6.16. The van der Waals surface area contributed by atoms with E-state index in [1.165, 1.54) is 7.11 Å². The van der Waals surface area contributed by atoms with E-state index >= 15 is 0 Å². The maximum Gasteiger partial charge on any atom is 0.299 e. The van der Waals surface area contributed by atoms with E-state index < -0.39 is 10.2 Å². The Morgan fingerprint density at radius 3 is 2.53 bits per heavy atom. The minimum Gasteiger partial charge on any atom is -0.393 e. The first kappa shape index (κ1) is 15.8. The standard InChI is InChI=1S/C11H17N3O3S2/c1-17-7-6-13-19(15,16)14-10-4-2-9(3-5-10)8-11(12)18/h2-5,13-14H,6-8H2,1H3,(H2,12,18). The summed E-state index contributed by atoms with van der Waals surface area (Å²) in [6.07, 6.45) is 0.494. The van der Waals surface area contributed by atoms with Gasteiger partial charge in [-0.05, 0) is 17.7 Å². The number of benzene rings is 1. The number of anilines is 1. The molecule has 8 heteroatoms. The summed E-state index contributed by atoms with van der Waals surface area (Å²) in [6, 6.07) is 6.85. The molecule has 0 amide bonds. The van der Waals surface area contributed by atoms with Crippen molar-refractivity contribution in [3.63, 3.8) is 0 Å². The second kappa shape index (κ2) is 7.39. The number of thiocarbonyl (C=S) groups is 1. The number of nitrogens with one attached hydrogen (secondary N) is 2. The van der Waals surface area contributed by atoms with Crippen LogP contribution >= 0.6 is 12.2 Å². The quantitative estimate of drug-likeness (QED) is 0.478. The van der Waals surface area contributed by atoms with Crippen LogP contribution in [0.1, 0.15) is 5.56 Å². The van der Waals surface area contributed by atoms with Gasteiger partial charge in [-0.2, -0.15) is 13.1 Å². The molecule has 1 rings (SSSR count). The van der Waals surface area contributed by atoms with Gasteiger partial charge in [0.15, 0.2) is 0 Å². The molecule has 0 atom stereocenters. The molecule has 0 aliphatic carbocycles. The fraction of sp³-hybridized carbons (Fsp3) is 0.364. The van der Waals surface area contributed by atoms with Crippen LogP contribution in [-0.2, 0) is 21.4 Å². The third-order valence-electron chi connectivity index (χ3n) is 2.18. The first-order chi connectivity index (χ1) is 8.93. The summed E-state index contributed by atoms with van der Waals surface area (Å²) in [7, 11) is -2.07. The maximum atomic E-state index is 11.6. The predicted molar refractivity (Wildman–Crippen MR) is 79.4 cm³/mol. The van der Waals surface area contributed by atoms with Crippen LogP contribution in [0.3, 0.4) is 0 Å². The second-order valence-electron chi connectivity index (χ2n) is 3.83. The monoisotopic (exact) mass is 303 g/mol. The van der Waals surface area contributed by atoms with Gasteiger partial charge in [-0.15, -0.1) is 0 Å². The van der Waals surface area contributed by atoms with Crippen LogP contribution < -0.4 is 15.2 Å². The van der Waals surface area contributed by atoms with Gasteiger partial charge in [0.1, 0.15) is 0 Å². The fourth-order valence-corrected chi connectivity index (χ4v) is 2.40. The molecule has 1 aromatic carbocycles. The smallest absolute Gasteiger partial charge is 0.299 e. The van der Waals surface area contributed by atoms with Crippen molar-refractivity contribution in [2.75, 3.05) is 25.0 Å². The van der Waals surface area contributed by atoms with Crippen LogP contribution in [-0.4, -0.2) is 33.7 Å². The largest absolute Gasteiger partial charge is 0.393 e.